The van der Waals surface area contributed by atoms with Crippen LogP contribution in [0.5, 0.6) is 0 Å². The van der Waals surface area contributed by atoms with Crippen molar-refractivity contribution in [3.63, 3.8) is 0 Å². The van der Waals surface area contributed by atoms with E-state index in [0.717, 1.165) is 5.01 Å². The highest BCUT2D eigenvalue weighted by Crippen LogP contribution is 2.63. The fourth-order valence-electron chi connectivity index (χ4n) is 1.85. The standard InChI is InChI=1S/C12H14N2S3/c1-10-13-14-11(15-10)12(16-6-2-3-7-16)17-8-4-5-9-17/h2-9,12,16-17H,1H3. The first-order chi connectivity index (χ1) is 8.34. The van der Waals surface area contributed by atoms with Crippen LogP contribution in [0.2, 0.25) is 0 Å². The molecule has 0 N–H and O–H groups in total. The maximum atomic E-state index is 4.37. The molecule has 0 bridgehead atoms. The third-order valence-electron chi connectivity index (χ3n) is 2.58. The minimum absolute atomic E-state index is 0.209. The number of nitrogens with zero attached hydrogens (tertiary/aromatic N) is 2. The monoisotopic (exact) mass is 282 g/mol. The fourth-order valence-corrected chi connectivity index (χ4v) is 8.28. The highest BCUT2D eigenvalue weighted by Gasteiger charge is 2.26. The zero-order valence-electron chi connectivity index (χ0n) is 9.39. The van der Waals surface area contributed by atoms with Crippen LogP contribution < -0.4 is 0 Å². The van der Waals surface area contributed by atoms with E-state index < -0.39 is 0 Å². The second-order valence-corrected chi connectivity index (χ2v) is 9.43. The number of rotatable bonds is 3. The molecule has 2 aliphatic heterocycles. The topological polar surface area (TPSA) is 25.8 Å². The van der Waals surface area contributed by atoms with Gasteiger partial charge in [-0.05, 0) is 28.6 Å². The summed E-state index contributed by atoms with van der Waals surface area (Å²) in [6, 6.07) is 0. The van der Waals surface area contributed by atoms with Gasteiger partial charge in [0.25, 0.3) is 0 Å². The van der Waals surface area contributed by atoms with Gasteiger partial charge in [-0.1, -0.05) is 35.6 Å². The number of aryl methyl sites for hydroxylation is 1. The second kappa shape index (κ2) is 4.84. The van der Waals surface area contributed by atoms with Gasteiger partial charge in [-0.2, -0.15) is 21.8 Å². The highest BCUT2D eigenvalue weighted by atomic mass is 32.3. The summed E-state index contributed by atoms with van der Waals surface area (Å²) in [6.07, 6.45) is 8.63. The summed E-state index contributed by atoms with van der Waals surface area (Å²) in [5.41, 5.74) is 0. The molecule has 0 unspecified atom stereocenters. The summed E-state index contributed by atoms with van der Waals surface area (Å²) in [7, 11) is -0.419. The lowest BCUT2D eigenvalue weighted by Crippen LogP contribution is -1.94. The van der Waals surface area contributed by atoms with Crippen LogP contribution in [0, 0.1) is 6.92 Å². The van der Waals surface area contributed by atoms with Crippen molar-refractivity contribution in [1.82, 2.24) is 10.2 Å². The molecule has 0 saturated heterocycles. The smallest absolute Gasteiger partial charge is 0.138 e. The van der Waals surface area contributed by atoms with E-state index >= 15 is 0 Å². The number of allylic oxidation sites excluding steroid dienone is 4. The summed E-state index contributed by atoms with van der Waals surface area (Å²) >= 11 is 1.74. The summed E-state index contributed by atoms with van der Waals surface area (Å²) in [6.45, 7) is 2.03. The molecule has 0 aromatic carbocycles. The molecule has 0 saturated carbocycles. The van der Waals surface area contributed by atoms with Gasteiger partial charge in [-0.3, -0.25) is 0 Å². The average molecular weight is 282 g/mol. The first-order valence-corrected chi connectivity index (χ1v) is 9.31. The zero-order valence-corrected chi connectivity index (χ0v) is 12.0. The molecule has 0 radical (unpaired) electrons. The van der Waals surface area contributed by atoms with Crippen molar-refractivity contribution in [3.05, 3.63) is 56.0 Å². The van der Waals surface area contributed by atoms with Crippen LogP contribution in [-0.2, 0) is 0 Å². The molecular weight excluding hydrogens is 268 g/mol. The van der Waals surface area contributed by atoms with Gasteiger partial charge in [0.15, 0.2) is 0 Å². The Kier molecular flexibility index (Phi) is 3.22. The van der Waals surface area contributed by atoms with Crippen LogP contribution >= 0.6 is 33.1 Å². The number of aromatic nitrogens is 2. The minimum Gasteiger partial charge on any atom is -0.196 e. The lowest BCUT2D eigenvalue weighted by molar-refractivity contribution is 1.01. The Morgan fingerprint density at radius 3 is 1.88 bits per heavy atom. The third-order valence-corrected chi connectivity index (χ3v) is 9.12. The molecule has 90 valence electrons. The Bertz CT molecular complexity index is 476. The van der Waals surface area contributed by atoms with Crippen LogP contribution in [0.15, 0.2) is 45.9 Å². The normalized spacial score (nSPS) is 21.3. The molecule has 2 aliphatic rings. The van der Waals surface area contributed by atoms with E-state index in [2.05, 4.69) is 56.1 Å². The molecule has 1 aromatic rings. The Labute approximate surface area is 111 Å². The van der Waals surface area contributed by atoms with E-state index in [1.165, 1.54) is 5.01 Å². The van der Waals surface area contributed by atoms with Crippen LogP contribution in [0.4, 0.5) is 0 Å². The number of thiol groups is 2. The molecule has 0 amide bonds. The third kappa shape index (κ3) is 2.27. The van der Waals surface area contributed by atoms with Crippen molar-refractivity contribution in [3.8, 4) is 0 Å². The van der Waals surface area contributed by atoms with E-state index in [9.17, 15) is 0 Å². The van der Waals surface area contributed by atoms with E-state index in [4.69, 9.17) is 0 Å². The van der Waals surface area contributed by atoms with Crippen LogP contribution in [0.1, 0.15) is 14.6 Å². The molecule has 3 rings (SSSR count). The van der Waals surface area contributed by atoms with Gasteiger partial charge in [-0.25, -0.2) is 0 Å². The Hall–Kier alpha value is -0.780. The molecule has 5 heteroatoms. The minimum atomic E-state index is -0.209. The van der Waals surface area contributed by atoms with Gasteiger partial charge in [0.05, 0.1) is 4.58 Å². The predicted molar refractivity (Wildman–Crippen MR) is 81.9 cm³/mol. The molecule has 0 atom stereocenters. The Morgan fingerprint density at radius 1 is 0.941 bits per heavy atom. The molecule has 1 aromatic heterocycles. The maximum absolute atomic E-state index is 4.37. The van der Waals surface area contributed by atoms with Gasteiger partial charge < -0.3 is 0 Å². The van der Waals surface area contributed by atoms with Crippen molar-refractivity contribution in [2.45, 2.75) is 11.5 Å². The molecule has 0 spiro atoms. The Morgan fingerprint density at radius 2 is 1.47 bits per heavy atom. The maximum Gasteiger partial charge on any atom is 0.138 e. The summed E-state index contributed by atoms with van der Waals surface area (Å²) in [5, 5.41) is 20.1. The van der Waals surface area contributed by atoms with Crippen LogP contribution in [0.25, 0.3) is 0 Å². The van der Waals surface area contributed by atoms with Crippen molar-refractivity contribution in [2.75, 3.05) is 0 Å². The first-order valence-electron chi connectivity index (χ1n) is 5.39. The van der Waals surface area contributed by atoms with Crippen LogP contribution in [-0.4, -0.2) is 10.2 Å². The number of hydrogen-bond donors (Lipinski definition) is 2. The lowest BCUT2D eigenvalue weighted by atomic mass is 10.6. The Balaban J connectivity index is 1.95. The molecule has 17 heavy (non-hydrogen) atoms. The largest absolute Gasteiger partial charge is 0.196 e. The van der Waals surface area contributed by atoms with Gasteiger partial charge in [-0.15, -0.1) is 10.2 Å². The fraction of sp³-hybridized carbons (Fsp3) is 0.167. The predicted octanol–water partition coefficient (Wildman–Crippen LogP) is 3.93. The quantitative estimate of drug-likeness (QED) is 0.822. The first kappa shape index (κ1) is 11.3. The molecule has 3 heterocycles. The van der Waals surface area contributed by atoms with Crippen molar-refractivity contribution >= 4 is 33.1 Å². The van der Waals surface area contributed by atoms with E-state index in [0.29, 0.717) is 4.58 Å². The zero-order chi connectivity index (χ0) is 11.7. The van der Waals surface area contributed by atoms with Crippen molar-refractivity contribution in [2.24, 2.45) is 0 Å². The SMILES string of the molecule is Cc1nnc(C([SH]2C=CC=C2)[SH]2C=CC=C2)s1. The number of hydrogen-bond acceptors (Lipinski definition) is 3. The molecular formula is C12H14N2S3. The van der Waals surface area contributed by atoms with Gasteiger partial charge >= 0.3 is 0 Å². The van der Waals surface area contributed by atoms with E-state index in [1.54, 1.807) is 11.3 Å². The van der Waals surface area contributed by atoms with Crippen molar-refractivity contribution < 1.29 is 0 Å². The van der Waals surface area contributed by atoms with E-state index in [-0.39, 0.29) is 21.8 Å². The van der Waals surface area contributed by atoms with Crippen LogP contribution in [0.3, 0.4) is 0 Å². The van der Waals surface area contributed by atoms with Crippen molar-refractivity contribution in [1.29, 1.82) is 0 Å². The van der Waals surface area contributed by atoms with Gasteiger partial charge in [0, 0.05) is 0 Å². The molecule has 0 fully saturated rings. The summed E-state index contributed by atoms with van der Waals surface area (Å²) < 4.78 is 0.524. The second-order valence-electron chi connectivity index (χ2n) is 3.79. The highest BCUT2D eigenvalue weighted by molar-refractivity contribution is 8.38. The van der Waals surface area contributed by atoms with Gasteiger partial charge in [0.1, 0.15) is 10.0 Å². The molecule has 0 aliphatic carbocycles. The summed E-state index contributed by atoms with van der Waals surface area (Å²) in [4.78, 5) is 0. The average Bonchev–Trinajstić information content (AvgIpc) is 3.02. The lowest BCUT2D eigenvalue weighted by Gasteiger charge is -2.28. The van der Waals surface area contributed by atoms with E-state index in [1.807, 2.05) is 6.92 Å². The van der Waals surface area contributed by atoms with Gasteiger partial charge in [0.2, 0.25) is 0 Å². The summed E-state index contributed by atoms with van der Waals surface area (Å²) in [5.74, 6) is 0. The molecule has 2 nitrogen and oxygen atoms in total.